The van der Waals surface area contributed by atoms with Gasteiger partial charge in [0, 0.05) is 0 Å². The molecule has 4 nitrogen and oxygen atoms in total. The molecule has 0 bridgehead atoms. The summed E-state index contributed by atoms with van der Waals surface area (Å²) in [6.07, 6.45) is 0.823. The SMILES string of the molecule is CCc1ccc(OC)c(NS(=O)(=O)c2ccccc2)c1. The number of hydrogen-bond acceptors (Lipinski definition) is 3. The van der Waals surface area contributed by atoms with Crippen molar-refractivity contribution < 1.29 is 13.2 Å². The fraction of sp³-hybridized carbons (Fsp3) is 0.200. The normalized spacial score (nSPS) is 11.1. The number of nitrogens with one attached hydrogen (secondary N) is 1. The molecule has 0 amide bonds. The first-order valence-corrected chi connectivity index (χ1v) is 7.80. The van der Waals surface area contributed by atoms with E-state index in [2.05, 4.69) is 4.72 Å². The first-order chi connectivity index (χ1) is 9.56. The summed E-state index contributed by atoms with van der Waals surface area (Å²) in [5, 5.41) is 0. The van der Waals surface area contributed by atoms with Crippen LogP contribution in [0.2, 0.25) is 0 Å². The molecule has 0 radical (unpaired) electrons. The van der Waals surface area contributed by atoms with Crippen LogP contribution in [0.5, 0.6) is 5.75 Å². The zero-order valence-electron chi connectivity index (χ0n) is 11.5. The van der Waals surface area contributed by atoms with Gasteiger partial charge < -0.3 is 4.74 Å². The number of aryl methyl sites for hydroxylation is 1. The van der Waals surface area contributed by atoms with Crippen LogP contribution in [0.4, 0.5) is 5.69 Å². The van der Waals surface area contributed by atoms with Crippen molar-refractivity contribution in [1.29, 1.82) is 0 Å². The minimum Gasteiger partial charge on any atom is -0.495 e. The van der Waals surface area contributed by atoms with E-state index in [1.54, 1.807) is 42.5 Å². The monoisotopic (exact) mass is 291 g/mol. The smallest absolute Gasteiger partial charge is 0.262 e. The van der Waals surface area contributed by atoms with E-state index >= 15 is 0 Å². The van der Waals surface area contributed by atoms with Crippen molar-refractivity contribution in [2.45, 2.75) is 18.2 Å². The molecule has 0 unspecified atom stereocenters. The molecule has 0 fully saturated rings. The summed E-state index contributed by atoms with van der Waals surface area (Å²) in [4.78, 5) is 0.226. The molecule has 0 aliphatic rings. The molecule has 2 aromatic carbocycles. The Hall–Kier alpha value is -2.01. The second-order valence-electron chi connectivity index (χ2n) is 4.31. The third-order valence-corrected chi connectivity index (χ3v) is 4.35. The Morgan fingerprint density at radius 2 is 1.80 bits per heavy atom. The molecule has 1 N–H and O–H groups in total. The standard InChI is InChI=1S/C15H17NO3S/c1-3-12-9-10-15(19-2)14(11-12)16-20(17,18)13-7-5-4-6-8-13/h4-11,16H,3H2,1-2H3. The van der Waals surface area contributed by atoms with Gasteiger partial charge in [-0.2, -0.15) is 0 Å². The van der Waals surface area contributed by atoms with Crippen LogP contribution < -0.4 is 9.46 Å². The highest BCUT2D eigenvalue weighted by atomic mass is 32.2. The van der Waals surface area contributed by atoms with Crippen molar-refractivity contribution in [3.05, 3.63) is 54.1 Å². The topological polar surface area (TPSA) is 55.4 Å². The number of benzene rings is 2. The number of hydrogen-bond donors (Lipinski definition) is 1. The summed E-state index contributed by atoms with van der Waals surface area (Å²) in [6.45, 7) is 2.01. The van der Waals surface area contributed by atoms with Gasteiger partial charge in [0.25, 0.3) is 10.0 Å². The molecular formula is C15H17NO3S. The second-order valence-corrected chi connectivity index (χ2v) is 5.99. The van der Waals surface area contributed by atoms with E-state index in [0.717, 1.165) is 12.0 Å². The minimum absolute atomic E-state index is 0.226. The van der Waals surface area contributed by atoms with Crippen molar-refractivity contribution in [2.24, 2.45) is 0 Å². The van der Waals surface area contributed by atoms with E-state index in [0.29, 0.717) is 11.4 Å². The predicted molar refractivity (Wildman–Crippen MR) is 79.6 cm³/mol. The van der Waals surface area contributed by atoms with Crippen LogP contribution in [-0.4, -0.2) is 15.5 Å². The summed E-state index contributed by atoms with van der Waals surface area (Å²) in [6, 6.07) is 13.7. The third kappa shape index (κ3) is 3.11. The molecule has 0 atom stereocenters. The molecule has 2 aromatic rings. The third-order valence-electron chi connectivity index (χ3n) is 2.97. The van der Waals surface area contributed by atoms with Gasteiger partial charge in [-0.3, -0.25) is 4.72 Å². The number of ether oxygens (including phenoxy) is 1. The Bertz CT molecular complexity index is 682. The van der Waals surface area contributed by atoms with Gasteiger partial charge in [-0.05, 0) is 36.2 Å². The molecule has 0 saturated carbocycles. The van der Waals surface area contributed by atoms with Crippen LogP contribution in [0, 0.1) is 0 Å². The molecule has 0 spiro atoms. The lowest BCUT2D eigenvalue weighted by molar-refractivity contribution is 0.416. The molecule has 0 aromatic heterocycles. The van der Waals surface area contributed by atoms with Gasteiger partial charge in [0.1, 0.15) is 5.75 Å². The van der Waals surface area contributed by atoms with E-state index in [1.165, 1.54) is 7.11 Å². The van der Waals surface area contributed by atoms with Gasteiger partial charge in [0.15, 0.2) is 0 Å². The first-order valence-electron chi connectivity index (χ1n) is 6.31. The van der Waals surface area contributed by atoms with Crippen LogP contribution in [0.1, 0.15) is 12.5 Å². The zero-order chi connectivity index (χ0) is 14.6. The first kappa shape index (κ1) is 14.4. The van der Waals surface area contributed by atoms with Crippen LogP contribution in [0.3, 0.4) is 0 Å². The zero-order valence-corrected chi connectivity index (χ0v) is 12.3. The maximum atomic E-state index is 12.3. The summed E-state index contributed by atoms with van der Waals surface area (Å²) >= 11 is 0. The fourth-order valence-corrected chi connectivity index (χ4v) is 2.94. The summed E-state index contributed by atoms with van der Waals surface area (Å²) in [5.41, 5.74) is 1.49. The summed E-state index contributed by atoms with van der Waals surface area (Å²) < 4.78 is 32.4. The van der Waals surface area contributed by atoms with Crippen molar-refractivity contribution in [1.82, 2.24) is 0 Å². The van der Waals surface area contributed by atoms with Gasteiger partial charge in [-0.15, -0.1) is 0 Å². The number of rotatable bonds is 5. The molecule has 0 aliphatic heterocycles. The fourth-order valence-electron chi connectivity index (χ4n) is 1.86. The average molecular weight is 291 g/mol. The molecule has 106 valence electrons. The van der Waals surface area contributed by atoms with Crippen molar-refractivity contribution in [3.8, 4) is 5.75 Å². The molecule has 0 aliphatic carbocycles. The van der Waals surface area contributed by atoms with E-state index in [4.69, 9.17) is 4.74 Å². The van der Waals surface area contributed by atoms with E-state index in [1.807, 2.05) is 13.0 Å². The van der Waals surface area contributed by atoms with E-state index in [9.17, 15) is 8.42 Å². The van der Waals surface area contributed by atoms with Crippen molar-refractivity contribution in [3.63, 3.8) is 0 Å². The number of anilines is 1. The highest BCUT2D eigenvalue weighted by Crippen LogP contribution is 2.28. The lowest BCUT2D eigenvalue weighted by atomic mass is 10.1. The largest absolute Gasteiger partial charge is 0.495 e. The molecule has 0 heterocycles. The summed E-state index contributed by atoms with van der Waals surface area (Å²) in [5.74, 6) is 0.502. The number of methoxy groups -OCH3 is 1. The molecule has 2 rings (SSSR count). The van der Waals surface area contributed by atoms with Gasteiger partial charge in [-0.1, -0.05) is 31.2 Å². The number of sulfonamides is 1. The van der Waals surface area contributed by atoms with Crippen LogP contribution in [0.25, 0.3) is 0 Å². The van der Waals surface area contributed by atoms with Crippen molar-refractivity contribution in [2.75, 3.05) is 11.8 Å². The quantitative estimate of drug-likeness (QED) is 0.921. The predicted octanol–water partition coefficient (Wildman–Crippen LogP) is 3.06. The maximum absolute atomic E-state index is 12.3. The Kier molecular flexibility index (Phi) is 4.29. The molecule has 0 saturated heterocycles. The van der Waals surface area contributed by atoms with Crippen LogP contribution in [0.15, 0.2) is 53.4 Å². The van der Waals surface area contributed by atoms with Crippen molar-refractivity contribution >= 4 is 15.7 Å². The lowest BCUT2D eigenvalue weighted by Crippen LogP contribution is -2.13. The Morgan fingerprint density at radius 3 is 2.40 bits per heavy atom. The summed E-state index contributed by atoms with van der Waals surface area (Å²) in [7, 11) is -2.09. The van der Waals surface area contributed by atoms with E-state index < -0.39 is 10.0 Å². The Morgan fingerprint density at radius 1 is 1.10 bits per heavy atom. The van der Waals surface area contributed by atoms with E-state index in [-0.39, 0.29) is 4.90 Å². The highest BCUT2D eigenvalue weighted by Gasteiger charge is 2.16. The van der Waals surface area contributed by atoms with Gasteiger partial charge >= 0.3 is 0 Å². The van der Waals surface area contributed by atoms with Gasteiger partial charge in [0.2, 0.25) is 0 Å². The van der Waals surface area contributed by atoms with Crippen LogP contribution in [-0.2, 0) is 16.4 Å². The highest BCUT2D eigenvalue weighted by molar-refractivity contribution is 7.92. The Labute approximate surface area is 119 Å². The molecular weight excluding hydrogens is 274 g/mol. The molecule has 20 heavy (non-hydrogen) atoms. The average Bonchev–Trinajstić information content (AvgIpc) is 2.47. The lowest BCUT2D eigenvalue weighted by Gasteiger charge is -2.13. The molecule has 5 heteroatoms. The van der Waals surface area contributed by atoms with Crippen LogP contribution >= 0.6 is 0 Å². The Balaban J connectivity index is 2.38. The van der Waals surface area contributed by atoms with Gasteiger partial charge in [0.05, 0.1) is 17.7 Å². The maximum Gasteiger partial charge on any atom is 0.262 e. The second kappa shape index (κ2) is 5.96. The van der Waals surface area contributed by atoms with Gasteiger partial charge in [-0.25, -0.2) is 8.42 Å². The minimum atomic E-state index is -3.60.